The first-order valence-electron chi connectivity index (χ1n) is 16.9. The molecule has 0 radical (unpaired) electrons. The number of rotatable bonds is 12. The van der Waals surface area contributed by atoms with Crippen molar-refractivity contribution in [2.24, 2.45) is 17.8 Å². The molecule has 2 saturated heterocycles. The van der Waals surface area contributed by atoms with Gasteiger partial charge in [-0.1, -0.05) is 85.7 Å². The van der Waals surface area contributed by atoms with Gasteiger partial charge >= 0.3 is 13.1 Å². The number of aliphatic carboxylic acids is 1. The number of fused-ring (bicyclic) bond motifs is 4. The molecular formula is C38H42BNO7. The Morgan fingerprint density at radius 2 is 1.68 bits per heavy atom. The van der Waals surface area contributed by atoms with E-state index in [0.717, 1.165) is 45.0 Å². The lowest BCUT2D eigenvalue weighted by Crippen LogP contribution is -2.46. The Balaban J connectivity index is 1.26. The lowest BCUT2D eigenvalue weighted by molar-refractivity contribution is -0.141. The van der Waals surface area contributed by atoms with Gasteiger partial charge in [0.2, 0.25) is 11.8 Å². The van der Waals surface area contributed by atoms with Crippen LogP contribution in [0.2, 0.25) is 6.32 Å². The standard InChI is InChI=1S/C38H42BNO7/c1-2-24-22-30-36(38(45)40(37(30)44)20-10-4-7-15-34(42)43)31-23-39(46)47-33(35(24)31)19-17-26(25-11-5-3-6-12-25)21-27-16-18-32(41)29-14-9-8-13-28(27)29/h3,5-6,8-9,11-14,16,18,21,30-31,33,36,41,46H,2,4,7,10,15,17,19-20,22-23H2,1H3,(H,42,43)/b26-21-/t30-,31+,33-,36-/m1/s1. The van der Waals surface area contributed by atoms with Gasteiger partial charge in [0.15, 0.2) is 0 Å². The molecular weight excluding hydrogens is 593 g/mol. The number of likely N-dealkylation sites (tertiary alicyclic amines) is 1. The minimum absolute atomic E-state index is 0.0777. The van der Waals surface area contributed by atoms with Gasteiger partial charge in [-0.25, -0.2) is 0 Å². The molecule has 0 spiro atoms. The largest absolute Gasteiger partial charge is 0.507 e. The van der Waals surface area contributed by atoms with Crippen molar-refractivity contribution in [2.75, 3.05) is 6.54 Å². The maximum atomic E-state index is 13.8. The summed E-state index contributed by atoms with van der Waals surface area (Å²) in [4.78, 5) is 39.6. The zero-order valence-electron chi connectivity index (χ0n) is 26.8. The number of carbonyl (C=O) groups excluding carboxylic acids is 2. The van der Waals surface area contributed by atoms with Gasteiger partial charge < -0.3 is 19.9 Å². The Hall–Kier alpha value is -4.21. The average molecular weight is 636 g/mol. The summed E-state index contributed by atoms with van der Waals surface area (Å²) in [5.41, 5.74) is 5.38. The monoisotopic (exact) mass is 635 g/mol. The number of imide groups is 1. The summed E-state index contributed by atoms with van der Waals surface area (Å²) < 4.78 is 6.24. The van der Waals surface area contributed by atoms with Gasteiger partial charge in [0.1, 0.15) is 5.75 Å². The molecule has 2 amide bonds. The topological polar surface area (TPSA) is 124 Å². The zero-order chi connectivity index (χ0) is 33.1. The van der Waals surface area contributed by atoms with Crippen LogP contribution in [0.4, 0.5) is 0 Å². The molecule has 3 aliphatic rings. The average Bonchev–Trinajstić information content (AvgIpc) is 3.31. The molecule has 3 aromatic carbocycles. The van der Waals surface area contributed by atoms with Crippen LogP contribution < -0.4 is 0 Å². The van der Waals surface area contributed by atoms with Crippen LogP contribution in [0.3, 0.4) is 0 Å². The maximum Gasteiger partial charge on any atom is 0.455 e. The molecule has 6 rings (SSSR count). The first-order chi connectivity index (χ1) is 22.8. The SMILES string of the molecule is CCC1=C2[C@@H](CC/C(=C/c3ccc(O)c4ccccc34)c3ccccc3)OB(O)C[C@@H]2[C@@H]2C(=O)N(CCCCCC(=O)O)C(=O)[C@@H]2C1. The summed E-state index contributed by atoms with van der Waals surface area (Å²) in [5, 5.41) is 32.1. The molecule has 3 aromatic rings. The lowest BCUT2D eigenvalue weighted by atomic mass is 9.58. The highest BCUT2D eigenvalue weighted by atomic mass is 16.5. The normalized spacial score (nSPS) is 23.0. The number of allylic oxidation sites excluding steroid dienone is 2. The summed E-state index contributed by atoms with van der Waals surface area (Å²) in [7, 11) is -1.04. The summed E-state index contributed by atoms with van der Waals surface area (Å²) in [6.45, 7) is 2.38. The molecule has 1 aliphatic carbocycles. The van der Waals surface area contributed by atoms with E-state index in [1.807, 2.05) is 48.5 Å². The van der Waals surface area contributed by atoms with Crippen molar-refractivity contribution in [2.45, 2.75) is 70.7 Å². The second-order valence-electron chi connectivity index (χ2n) is 13.0. The molecule has 9 heteroatoms. The van der Waals surface area contributed by atoms with Gasteiger partial charge in [0, 0.05) is 18.4 Å². The number of unbranched alkanes of at least 4 members (excludes halogenated alkanes) is 2. The van der Waals surface area contributed by atoms with Crippen molar-refractivity contribution >= 4 is 47.3 Å². The molecule has 3 N–H and O–H groups in total. The minimum Gasteiger partial charge on any atom is -0.507 e. The quantitative estimate of drug-likeness (QED) is 0.0664. The number of phenols is 1. The molecule has 244 valence electrons. The van der Waals surface area contributed by atoms with E-state index in [0.29, 0.717) is 45.1 Å². The van der Waals surface area contributed by atoms with Gasteiger partial charge in [0.05, 0.1) is 17.9 Å². The van der Waals surface area contributed by atoms with E-state index in [2.05, 4.69) is 25.1 Å². The fraction of sp³-hybridized carbons (Fsp3) is 0.395. The van der Waals surface area contributed by atoms with Crippen molar-refractivity contribution < 1.29 is 34.3 Å². The number of benzene rings is 3. The fourth-order valence-electron chi connectivity index (χ4n) is 7.97. The number of carboxylic acids is 1. The van der Waals surface area contributed by atoms with E-state index < -0.39 is 31.0 Å². The molecule has 8 nitrogen and oxygen atoms in total. The first kappa shape index (κ1) is 32.7. The summed E-state index contributed by atoms with van der Waals surface area (Å²) >= 11 is 0. The van der Waals surface area contributed by atoms with Crippen LogP contribution in [0.15, 0.2) is 77.9 Å². The summed E-state index contributed by atoms with van der Waals surface area (Å²) in [6, 6.07) is 21.6. The minimum atomic E-state index is -1.04. The van der Waals surface area contributed by atoms with Gasteiger partial charge in [0.25, 0.3) is 0 Å². The third-order valence-corrected chi connectivity index (χ3v) is 10.2. The Kier molecular flexibility index (Phi) is 9.94. The van der Waals surface area contributed by atoms with Crippen LogP contribution in [0.25, 0.3) is 22.4 Å². The van der Waals surface area contributed by atoms with Crippen LogP contribution in [-0.2, 0) is 19.0 Å². The number of phenolic OH excluding ortho intramolecular Hbond substituents is 1. The van der Waals surface area contributed by atoms with E-state index in [9.17, 15) is 24.5 Å². The predicted molar refractivity (Wildman–Crippen MR) is 182 cm³/mol. The van der Waals surface area contributed by atoms with E-state index in [1.165, 1.54) is 4.90 Å². The Morgan fingerprint density at radius 1 is 0.936 bits per heavy atom. The Labute approximate surface area is 275 Å². The summed E-state index contributed by atoms with van der Waals surface area (Å²) in [5.74, 6) is -2.14. The van der Waals surface area contributed by atoms with E-state index in [4.69, 9.17) is 9.76 Å². The van der Waals surface area contributed by atoms with Crippen molar-refractivity contribution in [1.29, 1.82) is 0 Å². The van der Waals surface area contributed by atoms with Gasteiger partial charge in [-0.2, -0.15) is 0 Å². The number of hydrogen-bond acceptors (Lipinski definition) is 6. The number of hydrogen-bond donors (Lipinski definition) is 3. The number of aromatic hydroxyl groups is 1. The maximum absolute atomic E-state index is 13.8. The van der Waals surface area contributed by atoms with Gasteiger partial charge in [-0.05, 0) is 84.5 Å². The predicted octanol–water partition coefficient (Wildman–Crippen LogP) is 6.72. The molecule has 47 heavy (non-hydrogen) atoms. The van der Waals surface area contributed by atoms with Crippen LogP contribution in [0.1, 0.15) is 69.4 Å². The lowest BCUT2D eigenvalue weighted by Gasteiger charge is -2.43. The molecule has 2 aliphatic heterocycles. The van der Waals surface area contributed by atoms with Gasteiger partial charge in [-0.15, -0.1) is 0 Å². The van der Waals surface area contributed by atoms with Crippen LogP contribution >= 0.6 is 0 Å². The van der Waals surface area contributed by atoms with Crippen LogP contribution in [-0.4, -0.2) is 57.7 Å². The van der Waals surface area contributed by atoms with Crippen molar-refractivity contribution in [3.8, 4) is 5.75 Å². The molecule has 2 fully saturated rings. The van der Waals surface area contributed by atoms with Gasteiger partial charge in [-0.3, -0.25) is 19.3 Å². The Morgan fingerprint density at radius 3 is 2.43 bits per heavy atom. The molecule has 4 atom stereocenters. The second-order valence-corrected chi connectivity index (χ2v) is 13.0. The number of amides is 2. The van der Waals surface area contributed by atoms with Crippen molar-refractivity contribution in [3.05, 3.63) is 89.0 Å². The first-order valence-corrected chi connectivity index (χ1v) is 16.9. The van der Waals surface area contributed by atoms with Crippen LogP contribution in [0, 0.1) is 17.8 Å². The molecule has 0 saturated carbocycles. The summed E-state index contributed by atoms with van der Waals surface area (Å²) in [6.07, 6.45) is 6.35. The third kappa shape index (κ3) is 6.78. The molecule has 0 unspecified atom stereocenters. The number of carbonyl (C=O) groups is 3. The van der Waals surface area contributed by atoms with Crippen molar-refractivity contribution in [1.82, 2.24) is 4.90 Å². The second kappa shape index (κ2) is 14.3. The molecule has 2 heterocycles. The van der Waals surface area contributed by atoms with E-state index in [1.54, 1.807) is 6.07 Å². The van der Waals surface area contributed by atoms with E-state index >= 15 is 0 Å². The number of carboxylic acid groups (broad SMARTS) is 1. The highest BCUT2D eigenvalue weighted by molar-refractivity contribution is 6.43. The van der Waals surface area contributed by atoms with Crippen LogP contribution in [0.5, 0.6) is 5.75 Å². The smallest absolute Gasteiger partial charge is 0.455 e. The highest BCUT2D eigenvalue weighted by Gasteiger charge is 2.56. The van der Waals surface area contributed by atoms with E-state index in [-0.39, 0.29) is 36.2 Å². The van der Waals surface area contributed by atoms with Crippen molar-refractivity contribution in [3.63, 3.8) is 0 Å². The molecule has 0 bridgehead atoms. The third-order valence-electron chi connectivity index (χ3n) is 10.2. The highest BCUT2D eigenvalue weighted by Crippen LogP contribution is 2.51. The zero-order valence-corrected chi connectivity index (χ0v) is 26.8. The fourth-order valence-corrected chi connectivity index (χ4v) is 7.97. The number of nitrogens with zero attached hydrogens (tertiary/aromatic N) is 1. The molecule has 0 aromatic heterocycles. The Bertz CT molecular complexity index is 1720.